The molecule has 0 aliphatic carbocycles. The number of nitrogens with zero attached hydrogens (tertiary/aromatic N) is 4. The average Bonchev–Trinajstić information content (AvgIpc) is 2.79. The molecule has 7 nitrogen and oxygen atoms in total. The maximum absolute atomic E-state index is 15.4. The number of halogens is 2. The van der Waals surface area contributed by atoms with Crippen LogP contribution in [0.2, 0.25) is 5.02 Å². The third-order valence-corrected chi connectivity index (χ3v) is 8.93. The molecule has 1 aliphatic heterocycles. The molecule has 1 aromatic heterocycles. The minimum atomic E-state index is -2.03. The molecule has 2 aromatic rings. The van der Waals surface area contributed by atoms with Crippen molar-refractivity contribution < 1.29 is 14.1 Å². The van der Waals surface area contributed by atoms with Crippen molar-refractivity contribution in [3.05, 3.63) is 35.0 Å². The molecule has 1 amide bonds. The van der Waals surface area contributed by atoms with E-state index in [1.54, 1.807) is 18.0 Å². The van der Waals surface area contributed by atoms with Crippen molar-refractivity contribution in [2.45, 2.75) is 53.1 Å². The first-order valence-corrected chi connectivity index (χ1v) is 16.1. The van der Waals surface area contributed by atoms with Gasteiger partial charge in [-0.25, -0.2) is 9.37 Å². The molecular weight excluding hydrogens is 512 g/mol. The summed E-state index contributed by atoms with van der Waals surface area (Å²) in [4.78, 5) is 35.7. The molecule has 1 aromatic carbocycles. The minimum absolute atomic E-state index is 0.0863. The molecule has 0 radical (unpaired) electrons. The first-order valence-electron chi connectivity index (χ1n) is 12.9. The summed E-state index contributed by atoms with van der Waals surface area (Å²) in [6.45, 7) is 14.4. The van der Waals surface area contributed by atoms with Gasteiger partial charge in [-0.2, -0.15) is 4.98 Å². The van der Waals surface area contributed by atoms with Crippen molar-refractivity contribution >= 4 is 48.1 Å². The van der Waals surface area contributed by atoms with Crippen LogP contribution in [0.5, 0.6) is 0 Å². The molecule has 2 heterocycles. The number of hydrogen-bond acceptors (Lipinski definition) is 6. The van der Waals surface area contributed by atoms with Gasteiger partial charge in [0.1, 0.15) is 24.3 Å². The van der Waals surface area contributed by atoms with Gasteiger partial charge in [0.15, 0.2) is 5.82 Å². The molecule has 3 unspecified atom stereocenters. The van der Waals surface area contributed by atoms with Gasteiger partial charge in [-0.15, -0.1) is 0 Å². The topological polar surface area (TPSA) is 81.6 Å². The average molecular weight is 553 g/mol. The number of aromatic nitrogens is 2. The molecule has 1 aliphatic rings. The maximum Gasteiger partial charge on any atom is 0.227 e. The first kappa shape index (κ1) is 29.5. The van der Waals surface area contributed by atoms with Gasteiger partial charge in [-0.1, -0.05) is 37.9 Å². The number of carbonyl (C=O) groups is 1. The second-order valence-corrected chi connectivity index (χ2v) is 15.0. The van der Waals surface area contributed by atoms with Gasteiger partial charge in [0.25, 0.3) is 0 Å². The van der Waals surface area contributed by atoms with Crippen LogP contribution in [-0.4, -0.2) is 65.6 Å². The highest BCUT2D eigenvalue weighted by molar-refractivity contribution is 7.68. The molecule has 204 valence electrons. The van der Waals surface area contributed by atoms with E-state index in [1.807, 2.05) is 50.3 Å². The number of benzene rings is 1. The fourth-order valence-electron chi connectivity index (χ4n) is 4.82. The van der Waals surface area contributed by atoms with Crippen molar-refractivity contribution in [1.29, 1.82) is 0 Å². The molecule has 0 spiro atoms. The molecule has 0 saturated carbocycles. The SMILES string of the molecule is CCCC1CN(c2ncc(Cl)c(Nc3ccc(C)c(N(CC[P+](C)(C)O)C(C)=O)c3)n2)CC(C)C1(C)F. The van der Waals surface area contributed by atoms with Crippen molar-refractivity contribution in [3.8, 4) is 0 Å². The summed E-state index contributed by atoms with van der Waals surface area (Å²) in [5.74, 6) is 0.628. The molecule has 37 heavy (non-hydrogen) atoms. The summed E-state index contributed by atoms with van der Waals surface area (Å²) in [6.07, 6.45) is 3.85. The highest BCUT2D eigenvalue weighted by Crippen LogP contribution is 2.45. The molecule has 3 rings (SSSR count). The molecule has 2 N–H and O–H groups in total. The van der Waals surface area contributed by atoms with Crippen molar-refractivity contribution in [1.82, 2.24) is 9.97 Å². The predicted octanol–water partition coefficient (Wildman–Crippen LogP) is 6.32. The van der Waals surface area contributed by atoms with E-state index < -0.39 is 13.2 Å². The van der Waals surface area contributed by atoms with Crippen LogP contribution < -0.4 is 15.1 Å². The van der Waals surface area contributed by atoms with Crippen molar-refractivity contribution in [2.24, 2.45) is 11.8 Å². The number of hydrogen-bond donors (Lipinski definition) is 2. The number of piperidine rings is 1. The Balaban J connectivity index is 1.87. The third-order valence-electron chi connectivity index (χ3n) is 7.36. The lowest BCUT2D eigenvalue weighted by molar-refractivity contribution is -0.116. The van der Waals surface area contributed by atoms with Crippen molar-refractivity contribution in [2.75, 3.05) is 54.2 Å². The standard InChI is InChI=1S/C27H41ClFN5O2P/c1-8-9-21-17-33(16-19(3)27(21,5)29)26-30-15-23(28)25(32-26)31-22-11-10-18(2)24(14-22)34(20(4)35)12-13-37(6,7)36/h10-11,14-15,19,21,36H,8-9,12-13,16-17H2,1-7H3,(H,30,31,32)/q+1. The number of rotatable bonds is 9. The summed E-state index contributed by atoms with van der Waals surface area (Å²) in [5.41, 5.74) is 1.21. The van der Waals surface area contributed by atoms with Crippen LogP contribution in [0.25, 0.3) is 0 Å². The first-order chi connectivity index (χ1) is 17.2. The summed E-state index contributed by atoms with van der Waals surface area (Å²) >= 11 is 6.47. The largest absolute Gasteiger partial charge is 0.340 e. The second-order valence-electron chi connectivity index (χ2n) is 11.0. The Labute approximate surface area is 226 Å². The highest BCUT2D eigenvalue weighted by atomic mass is 35.5. The zero-order chi connectivity index (χ0) is 27.5. The minimum Gasteiger partial charge on any atom is -0.340 e. The van der Waals surface area contributed by atoms with E-state index in [9.17, 15) is 9.69 Å². The van der Waals surface area contributed by atoms with E-state index in [4.69, 9.17) is 16.6 Å². The predicted molar refractivity (Wildman–Crippen MR) is 155 cm³/mol. The van der Waals surface area contributed by atoms with Crippen LogP contribution in [0.3, 0.4) is 0 Å². The Morgan fingerprint density at radius 3 is 2.70 bits per heavy atom. The number of carbonyl (C=O) groups excluding carboxylic acids is 1. The smallest absolute Gasteiger partial charge is 0.227 e. The fourth-order valence-corrected chi connectivity index (χ4v) is 5.65. The van der Waals surface area contributed by atoms with E-state index >= 15 is 4.39 Å². The lowest BCUT2D eigenvalue weighted by Crippen LogP contribution is -2.53. The van der Waals surface area contributed by atoms with E-state index in [0.29, 0.717) is 42.6 Å². The Kier molecular flexibility index (Phi) is 9.41. The van der Waals surface area contributed by atoms with Gasteiger partial charge >= 0.3 is 0 Å². The fraction of sp³-hybridized carbons (Fsp3) is 0.593. The summed E-state index contributed by atoms with van der Waals surface area (Å²) in [5, 5.41) is 3.65. The Morgan fingerprint density at radius 1 is 1.38 bits per heavy atom. The highest BCUT2D eigenvalue weighted by Gasteiger charge is 2.45. The number of aryl methyl sites for hydroxylation is 1. The molecule has 1 fully saturated rings. The van der Waals surface area contributed by atoms with Gasteiger partial charge in [0.05, 0.1) is 26.1 Å². The Hall–Kier alpha value is -2.02. The van der Waals surface area contributed by atoms with E-state index in [0.717, 1.165) is 29.8 Å². The number of nitrogens with one attached hydrogen (secondary N) is 1. The van der Waals surface area contributed by atoms with E-state index in [2.05, 4.69) is 17.2 Å². The molecular formula is C27H41ClFN5O2P+. The number of alkyl halides is 1. The summed E-state index contributed by atoms with van der Waals surface area (Å²) in [7, 11) is -2.03. The lowest BCUT2D eigenvalue weighted by Gasteiger charge is -2.45. The van der Waals surface area contributed by atoms with Crippen LogP contribution in [0.4, 0.5) is 27.5 Å². The normalized spacial score (nSPS) is 22.2. The quantitative estimate of drug-likeness (QED) is 0.354. The van der Waals surface area contributed by atoms with Gasteiger partial charge in [0, 0.05) is 43.2 Å². The molecule has 10 heteroatoms. The Bertz CT molecular complexity index is 1110. The van der Waals surface area contributed by atoms with Crippen LogP contribution >= 0.6 is 19.1 Å². The van der Waals surface area contributed by atoms with Crippen LogP contribution in [0.1, 0.15) is 46.1 Å². The second kappa shape index (κ2) is 11.8. The molecule has 0 bridgehead atoms. The summed E-state index contributed by atoms with van der Waals surface area (Å²) < 4.78 is 15.4. The lowest BCUT2D eigenvalue weighted by atomic mass is 9.75. The van der Waals surface area contributed by atoms with Crippen molar-refractivity contribution in [3.63, 3.8) is 0 Å². The van der Waals surface area contributed by atoms with E-state index in [1.165, 1.54) is 6.92 Å². The molecule has 1 saturated heterocycles. The number of amides is 1. The van der Waals surface area contributed by atoms with Crippen LogP contribution in [0.15, 0.2) is 24.4 Å². The zero-order valence-corrected chi connectivity index (χ0v) is 24.7. The van der Waals surface area contributed by atoms with E-state index in [-0.39, 0.29) is 17.7 Å². The zero-order valence-electron chi connectivity index (χ0n) is 23.1. The van der Waals surface area contributed by atoms with Gasteiger partial charge in [0.2, 0.25) is 11.9 Å². The summed E-state index contributed by atoms with van der Waals surface area (Å²) in [6, 6.07) is 5.74. The van der Waals surface area contributed by atoms with Crippen LogP contribution in [0, 0.1) is 18.8 Å². The Morgan fingerprint density at radius 2 is 2.08 bits per heavy atom. The van der Waals surface area contributed by atoms with Gasteiger partial charge in [-0.05, 0) is 38.0 Å². The monoisotopic (exact) mass is 552 g/mol. The number of anilines is 4. The maximum atomic E-state index is 15.4. The molecule has 3 atom stereocenters. The van der Waals surface area contributed by atoms with Crippen LogP contribution in [-0.2, 0) is 4.79 Å². The van der Waals surface area contributed by atoms with Gasteiger partial charge < -0.3 is 15.1 Å². The van der Waals surface area contributed by atoms with Gasteiger partial charge in [-0.3, -0.25) is 9.69 Å². The third kappa shape index (κ3) is 7.30.